The predicted octanol–water partition coefficient (Wildman–Crippen LogP) is 1.79. The molecule has 1 aliphatic heterocycles. The Labute approximate surface area is 109 Å². The number of piperidine rings is 1. The molecule has 1 saturated heterocycles. The number of nitrogens with zero attached hydrogens (tertiary/aromatic N) is 2. The average molecular weight is 249 g/mol. The summed E-state index contributed by atoms with van der Waals surface area (Å²) in [4.78, 5) is 16.8. The van der Waals surface area contributed by atoms with Crippen molar-refractivity contribution in [2.45, 2.75) is 46.1 Å². The van der Waals surface area contributed by atoms with Crippen molar-refractivity contribution in [2.75, 3.05) is 13.1 Å². The molecule has 1 aromatic rings. The Bertz CT molecular complexity index is 405. The largest absolute Gasteiger partial charge is 0.335 e. The predicted molar refractivity (Wildman–Crippen MR) is 71.4 cm³/mol. The zero-order valence-electron chi connectivity index (χ0n) is 11.4. The highest BCUT2D eigenvalue weighted by Crippen LogP contribution is 2.30. The van der Waals surface area contributed by atoms with E-state index in [1.165, 1.54) is 0 Å². The molecule has 0 amide bonds. The van der Waals surface area contributed by atoms with E-state index in [2.05, 4.69) is 28.7 Å². The maximum Gasteiger partial charge on any atom is 0.146 e. The molecule has 4 heteroatoms. The number of hydrogen-bond acceptors (Lipinski definition) is 3. The van der Waals surface area contributed by atoms with Crippen LogP contribution in [0.3, 0.4) is 0 Å². The molecule has 0 spiro atoms. The number of rotatable bonds is 5. The number of ketones is 1. The molecule has 0 radical (unpaired) electrons. The van der Waals surface area contributed by atoms with Gasteiger partial charge in [0.25, 0.3) is 0 Å². The molecule has 0 unspecified atom stereocenters. The number of aryl methyl sites for hydroxylation is 1. The number of hydrogen-bond donors (Lipinski definition) is 1. The van der Waals surface area contributed by atoms with Gasteiger partial charge in [0.2, 0.25) is 0 Å². The normalized spacial score (nSPS) is 18.8. The highest BCUT2D eigenvalue weighted by Gasteiger charge is 2.34. The fourth-order valence-electron chi connectivity index (χ4n) is 2.57. The fourth-order valence-corrected chi connectivity index (χ4v) is 2.57. The highest BCUT2D eigenvalue weighted by atomic mass is 16.1. The van der Waals surface area contributed by atoms with Crippen LogP contribution in [-0.4, -0.2) is 28.4 Å². The van der Waals surface area contributed by atoms with E-state index in [1.54, 1.807) is 6.20 Å². The molecule has 2 rings (SSSR count). The topological polar surface area (TPSA) is 46.9 Å². The molecule has 100 valence electrons. The summed E-state index contributed by atoms with van der Waals surface area (Å²) in [7, 11) is 0. The molecule has 0 aromatic carbocycles. The Balaban J connectivity index is 2.03. The zero-order chi connectivity index (χ0) is 13.0. The Morgan fingerprint density at radius 2 is 2.22 bits per heavy atom. The molecule has 1 fully saturated rings. The summed E-state index contributed by atoms with van der Waals surface area (Å²) in [5.41, 5.74) is -0.158. The lowest BCUT2D eigenvalue weighted by molar-refractivity contribution is -0.128. The molecule has 1 aromatic heterocycles. The summed E-state index contributed by atoms with van der Waals surface area (Å²) in [5, 5.41) is 3.31. The second kappa shape index (κ2) is 5.65. The van der Waals surface area contributed by atoms with Crippen molar-refractivity contribution in [3.8, 4) is 0 Å². The lowest BCUT2D eigenvalue weighted by Crippen LogP contribution is -2.41. The van der Waals surface area contributed by atoms with E-state index in [0.29, 0.717) is 12.2 Å². The molecule has 4 nitrogen and oxygen atoms in total. The first-order chi connectivity index (χ1) is 8.65. The van der Waals surface area contributed by atoms with Gasteiger partial charge in [0.05, 0.1) is 6.42 Å². The van der Waals surface area contributed by atoms with Crippen LogP contribution in [0.15, 0.2) is 12.4 Å². The summed E-state index contributed by atoms with van der Waals surface area (Å²) < 4.78 is 2.10. The Hall–Kier alpha value is -1.16. The molecule has 0 aliphatic carbocycles. The first-order valence-electron chi connectivity index (χ1n) is 6.90. The van der Waals surface area contributed by atoms with Crippen LogP contribution in [0.4, 0.5) is 0 Å². The van der Waals surface area contributed by atoms with Gasteiger partial charge < -0.3 is 9.88 Å². The van der Waals surface area contributed by atoms with Gasteiger partial charge in [-0.15, -0.1) is 0 Å². The van der Waals surface area contributed by atoms with Crippen LogP contribution in [0.1, 0.15) is 38.9 Å². The molecule has 2 heterocycles. The monoisotopic (exact) mass is 249 g/mol. The smallest absolute Gasteiger partial charge is 0.146 e. The molecular formula is C14H23N3O. The molecule has 18 heavy (non-hydrogen) atoms. The van der Waals surface area contributed by atoms with E-state index in [-0.39, 0.29) is 5.41 Å². The van der Waals surface area contributed by atoms with Crippen LogP contribution in [0.2, 0.25) is 0 Å². The Morgan fingerprint density at radius 3 is 2.89 bits per heavy atom. The van der Waals surface area contributed by atoms with Gasteiger partial charge in [0.1, 0.15) is 11.6 Å². The molecule has 0 atom stereocenters. The SMILES string of the molecule is CCCn1ccnc1CC(=O)C1(C)CCNCC1. The summed E-state index contributed by atoms with van der Waals surface area (Å²) in [6, 6.07) is 0. The van der Waals surface area contributed by atoms with E-state index >= 15 is 0 Å². The first-order valence-corrected chi connectivity index (χ1v) is 6.90. The molecule has 1 N–H and O–H groups in total. The first kappa shape index (κ1) is 13.3. The fraction of sp³-hybridized carbons (Fsp3) is 0.714. The van der Waals surface area contributed by atoms with E-state index in [9.17, 15) is 4.79 Å². The minimum atomic E-state index is -0.158. The van der Waals surface area contributed by atoms with Gasteiger partial charge in [-0.05, 0) is 32.4 Å². The van der Waals surface area contributed by atoms with Crippen molar-refractivity contribution < 1.29 is 4.79 Å². The summed E-state index contributed by atoms with van der Waals surface area (Å²) in [5.74, 6) is 1.26. The van der Waals surface area contributed by atoms with Crippen LogP contribution >= 0.6 is 0 Å². The molecule has 0 saturated carbocycles. The van der Waals surface area contributed by atoms with E-state index < -0.39 is 0 Å². The van der Waals surface area contributed by atoms with Gasteiger partial charge in [-0.25, -0.2) is 4.98 Å². The van der Waals surface area contributed by atoms with Crippen molar-refractivity contribution in [1.82, 2.24) is 14.9 Å². The highest BCUT2D eigenvalue weighted by molar-refractivity contribution is 5.86. The summed E-state index contributed by atoms with van der Waals surface area (Å²) in [6.45, 7) is 7.08. The van der Waals surface area contributed by atoms with Crippen LogP contribution < -0.4 is 5.32 Å². The van der Waals surface area contributed by atoms with Crippen molar-refractivity contribution >= 4 is 5.78 Å². The second-order valence-corrected chi connectivity index (χ2v) is 5.45. The van der Waals surface area contributed by atoms with Gasteiger partial charge in [0, 0.05) is 24.4 Å². The third kappa shape index (κ3) is 2.80. The number of nitrogens with one attached hydrogen (secondary N) is 1. The zero-order valence-corrected chi connectivity index (χ0v) is 11.4. The van der Waals surface area contributed by atoms with Crippen LogP contribution in [-0.2, 0) is 17.8 Å². The lowest BCUT2D eigenvalue weighted by atomic mass is 9.76. The van der Waals surface area contributed by atoms with E-state index in [1.807, 2.05) is 6.20 Å². The van der Waals surface area contributed by atoms with Gasteiger partial charge in [-0.2, -0.15) is 0 Å². The van der Waals surface area contributed by atoms with Gasteiger partial charge in [-0.3, -0.25) is 4.79 Å². The van der Waals surface area contributed by atoms with Crippen LogP contribution in [0.5, 0.6) is 0 Å². The van der Waals surface area contributed by atoms with Gasteiger partial charge >= 0.3 is 0 Å². The van der Waals surface area contributed by atoms with Gasteiger partial charge in [-0.1, -0.05) is 13.8 Å². The van der Waals surface area contributed by atoms with E-state index in [0.717, 1.165) is 44.7 Å². The van der Waals surface area contributed by atoms with Gasteiger partial charge in [0.15, 0.2) is 0 Å². The van der Waals surface area contributed by atoms with Crippen LogP contribution in [0, 0.1) is 5.41 Å². The maximum absolute atomic E-state index is 12.5. The quantitative estimate of drug-likeness (QED) is 0.865. The average Bonchev–Trinajstić information content (AvgIpc) is 2.78. The maximum atomic E-state index is 12.5. The third-order valence-electron chi connectivity index (χ3n) is 3.97. The second-order valence-electron chi connectivity index (χ2n) is 5.45. The van der Waals surface area contributed by atoms with Crippen molar-refractivity contribution in [3.05, 3.63) is 18.2 Å². The number of carbonyl (C=O) groups excluding carboxylic acids is 1. The third-order valence-corrected chi connectivity index (χ3v) is 3.97. The number of carbonyl (C=O) groups is 1. The van der Waals surface area contributed by atoms with Crippen molar-refractivity contribution in [3.63, 3.8) is 0 Å². The molecule has 1 aliphatic rings. The Morgan fingerprint density at radius 1 is 1.50 bits per heavy atom. The summed E-state index contributed by atoms with van der Waals surface area (Å²) >= 11 is 0. The van der Waals surface area contributed by atoms with Crippen molar-refractivity contribution in [2.24, 2.45) is 5.41 Å². The molecule has 0 bridgehead atoms. The summed E-state index contributed by atoms with van der Waals surface area (Å²) in [6.07, 6.45) is 7.20. The standard InChI is InChI=1S/C14H23N3O/c1-3-9-17-10-8-16-13(17)11-12(18)14(2)4-6-15-7-5-14/h8,10,15H,3-7,9,11H2,1-2H3. The number of imidazole rings is 1. The lowest BCUT2D eigenvalue weighted by Gasteiger charge is -2.32. The minimum absolute atomic E-state index is 0.158. The number of Topliss-reactive ketones (excluding diaryl/α,β-unsaturated/α-hetero) is 1. The van der Waals surface area contributed by atoms with Crippen molar-refractivity contribution in [1.29, 1.82) is 0 Å². The van der Waals surface area contributed by atoms with Crippen LogP contribution in [0.25, 0.3) is 0 Å². The minimum Gasteiger partial charge on any atom is -0.335 e. The van der Waals surface area contributed by atoms with E-state index in [4.69, 9.17) is 0 Å². The number of aromatic nitrogens is 2. The Kier molecular flexibility index (Phi) is 4.17. The molecular weight excluding hydrogens is 226 g/mol.